The number of benzene rings is 1. The largest absolute Gasteiger partial charge is 0.497 e. The number of urea groups is 1. The first-order chi connectivity index (χ1) is 14.5. The van der Waals surface area contributed by atoms with Gasteiger partial charge < -0.3 is 20.3 Å². The molecule has 2 aromatic rings. The Kier molecular flexibility index (Phi) is 5.92. The lowest BCUT2D eigenvalue weighted by Crippen LogP contribution is -2.47. The average molecular weight is 412 g/mol. The van der Waals surface area contributed by atoms with E-state index in [1.54, 1.807) is 23.6 Å². The summed E-state index contributed by atoms with van der Waals surface area (Å²) in [6.45, 7) is 1.44. The van der Waals surface area contributed by atoms with Crippen molar-refractivity contribution in [2.24, 2.45) is 7.05 Å². The molecule has 2 N–H and O–H groups in total. The second-order valence-electron chi connectivity index (χ2n) is 8.03. The fourth-order valence-corrected chi connectivity index (χ4v) is 4.17. The highest BCUT2D eigenvalue weighted by atomic mass is 16.5. The van der Waals surface area contributed by atoms with Crippen LogP contribution in [-0.2, 0) is 26.6 Å². The van der Waals surface area contributed by atoms with Gasteiger partial charge in [-0.05, 0) is 37.0 Å². The molecule has 0 atom stereocenters. The Labute approximate surface area is 176 Å². The normalized spacial score (nSPS) is 16.3. The Morgan fingerprint density at radius 1 is 1.23 bits per heavy atom. The first kappa shape index (κ1) is 20.3. The van der Waals surface area contributed by atoms with Gasteiger partial charge in [-0.1, -0.05) is 25.0 Å². The fraction of sp³-hybridized carbons (Fsp3) is 0.500. The van der Waals surface area contributed by atoms with Crippen LogP contribution >= 0.6 is 0 Å². The molecule has 8 nitrogen and oxygen atoms in total. The van der Waals surface area contributed by atoms with E-state index < -0.39 is 0 Å². The highest BCUT2D eigenvalue weighted by Gasteiger charge is 2.27. The smallest absolute Gasteiger partial charge is 0.317 e. The van der Waals surface area contributed by atoms with Crippen molar-refractivity contribution in [1.82, 2.24) is 19.8 Å². The predicted molar refractivity (Wildman–Crippen MR) is 115 cm³/mol. The van der Waals surface area contributed by atoms with Crippen LogP contribution in [0.15, 0.2) is 29.1 Å². The van der Waals surface area contributed by atoms with Crippen molar-refractivity contribution in [2.75, 3.05) is 19.0 Å². The quantitative estimate of drug-likeness (QED) is 0.789. The van der Waals surface area contributed by atoms with Crippen LogP contribution in [0.2, 0.25) is 0 Å². The molecule has 30 heavy (non-hydrogen) atoms. The number of hydrogen-bond donors (Lipinski definition) is 2. The molecule has 160 valence electrons. The van der Waals surface area contributed by atoms with E-state index in [0.29, 0.717) is 43.3 Å². The van der Waals surface area contributed by atoms with E-state index in [4.69, 9.17) is 9.72 Å². The summed E-state index contributed by atoms with van der Waals surface area (Å²) in [6, 6.07) is 7.96. The van der Waals surface area contributed by atoms with Crippen LogP contribution in [0.1, 0.15) is 42.5 Å². The summed E-state index contributed by atoms with van der Waals surface area (Å²) in [6.07, 6.45) is 4.98. The second kappa shape index (κ2) is 8.77. The molecule has 0 saturated heterocycles. The zero-order valence-corrected chi connectivity index (χ0v) is 17.6. The van der Waals surface area contributed by atoms with Crippen molar-refractivity contribution in [2.45, 2.75) is 51.2 Å². The number of nitrogens with zero attached hydrogens (tertiary/aromatic N) is 3. The van der Waals surface area contributed by atoms with Gasteiger partial charge >= 0.3 is 6.03 Å². The molecule has 8 heteroatoms. The lowest BCUT2D eigenvalue weighted by Gasteiger charge is -2.29. The minimum atomic E-state index is -0.0530. The SMILES string of the molecule is COc1ccc(CNc2nc3c(c(=O)n2C)CCN(C(=O)NC2CCCC2)C3)cc1. The second-order valence-corrected chi connectivity index (χ2v) is 8.03. The molecule has 0 radical (unpaired) electrons. The Morgan fingerprint density at radius 2 is 1.97 bits per heavy atom. The topological polar surface area (TPSA) is 88.5 Å². The van der Waals surface area contributed by atoms with Crippen molar-refractivity contribution >= 4 is 12.0 Å². The van der Waals surface area contributed by atoms with Gasteiger partial charge in [0, 0.05) is 31.7 Å². The summed E-state index contributed by atoms with van der Waals surface area (Å²) in [7, 11) is 3.36. The van der Waals surface area contributed by atoms with Gasteiger partial charge in [-0.25, -0.2) is 9.78 Å². The summed E-state index contributed by atoms with van der Waals surface area (Å²) in [4.78, 5) is 31.9. The molecule has 1 aliphatic heterocycles. The maximum Gasteiger partial charge on any atom is 0.317 e. The average Bonchev–Trinajstić information content (AvgIpc) is 3.28. The Hall–Kier alpha value is -3.03. The number of hydrogen-bond acceptors (Lipinski definition) is 5. The zero-order valence-electron chi connectivity index (χ0n) is 17.6. The molecule has 1 fully saturated rings. The van der Waals surface area contributed by atoms with Crippen molar-refractivity contribution in [1.29, 1.82) is 0 Å². The number of carbonyl (C=O) groups excluding carboxylic acids is 1. The maximum atomic E-state index is 12.8. The van der Waals surface area contributed by atoms with Crippen LogP contribution in [0.5, 0.6) is 5.75 Å². The molecule has 1 aromatic heterocycles. The summed E-state index contributed by atoms with van der Waals surface area (Å²) in [5, 5.41) is 6.38. The van der Waals surface area contributed by atoms with Gasteiger partial charge in [0.15, 0.2) is 0 Å². The third kappa shape index (κ3) is 4.27. The first-order valence-corrected chi connectivity index (χ1v) is 10.6. The van der Waals surface area contributed by atoms with E-state index in [-0.39, 0.29) is 17.6 Å². The maximum absolute atomic E-state index is 12.8. The molecule has 1 aromatic carbocycles. The van der Waals surface area contributed by atoms with Crippen LogP contribution in [0.4, 0.5) is 10.7 Å². The van der Waals surface area contributed by atoms with E-state index in [1.807, 2.05) is 24.3 Å². The minimum absolute atomic E-state index is 0.0481. The third-order valence-electron chi connectivity index (χ3n) is 6.02. The van der Waals surface area contributed by atoms with E-state index in [2.05, 4.69) is 10.6 Å². The van der Waals surface area contributed by atoms with Gasteiger partial charge in [0.1, 0.15) is 5.75 Å². The molecular weight excluding hydrogens is 382 g/mol. The van der Waals surface area contributed by atoms with Gasteiger partial charge in [0.2, 0.25) is 5.95 Å². The fourth-order valence-electron chi connectivity index (χ4n) is 4.17. The van der Waals surface area contributed by atoms with Crippen LogP contribution < -0.4 is 20.9 Å². The molecule has 2 amide bonds. The summed E-state index contributed by atoms with van der Waals surface area (Å²) in [5.74, 6) is 1.31. The van der Waals surface area contributed by atoms with Gasteiger partial charge in [-0.2, -0.15) is 0 Å². The number of aromatic nitrogens is 2. The van der Waals surface area contributed by atoms with Gasteiger partial charge in [0.05, 0.1) is 19.3 Å². The van der Waals surface area contributed by atoms with Crippen molar-refractivity contribution < 1.29 is 9.53 Å². The van der Waals surface area contributed by atoms with Crippen LogP contribution in [0, 0.1) is 0 Å². The lowest BCUT2D eigenvalue weighted by molar-refractivity contribution is 0.187. The predicted octanol–water partition coefficient (Wildman–Crippen LogP) is 2.41. The number of nitrogens with one attached hydrogen (secondary N) is 2. The molecular formula is C22H29N5O3. The van der Waals surface area contributed by atoms with E-state index in [0.717, 1.165) is 24.2 Å². The number of ether oxygens (including phenoxy) is 1. The molecule has 0 bridgehead atoms. The van der Waals surface area contributed by atoms with Gasteiger partial charge in [-0.3, -0.25) is 9.36 Å². The van der Waals surface area contributed by atoms with Crippen LogP contribution in [0.3, 0.4) is 0 Å². The number of fused-ring (bicyclic) bond motifs is 1. The zero-order chi connectivity index (χ0) is 21.1. The lowest BCUT2D eigenvalue weighted by atomic mass is 10.1. The molecule has 4 rings (SSSR count). The molecule has 1 aliphatic carbocycles. The first-order valence-electron chi connectivity index (χ1n) is 10.6. The Morgan fingerprint density at radius 3 is 2.67 bits per heavy atom. The highest BCUT2D eigenvalue weighted by Crippen LogP contribution is 2.20. The van der Waals surface area contributed by atoms with E-state index in [1.165, 1.54) is 12.8 Å². The van der Waals surface area contributed by atoms with Crippen LogP contribution in [0.25, 0.3) is 0 Å². The molecule has 1 saturated carbocycles. The van der Waals surface area contributed by atoms with Gasteiger partial charge in [-0.15, -0.1) is 0 Å². The number of anilines is 1. The van der Waals surface area contributed by atoms with Crippen molar-refractivity contribution in [3.63, 3.8) is 0 Å². The molecule has 0 unspecified atom stereocenters. The van der Waals surface area contributed by atoms with Crippen molar-refractivity contribution in [3.8, 4) is 5.75 Å². The number of rotatable bonds is 5. The standard InChI is InChI=1S/C22H29N5O3/c1-26-20(28)18-11-12-27(22(29)24-16-5-3-4-6-16)14-19(18)25-21(26)23-13-15-7-9-17(30-2)10-8-15/h7-10,16H,3-6,11-14H2,1-2H3,(H,23,25)(H,24,29). The summed E-state index contributed by atoms with van der Waals surface area (Å²) < 4.78 is 6.74. The van der Waals surface area contributed by atoms with Gasteiger partial charge in [0.25, 0.3) is 5.56 Å². The van der Waals surface area contributed by atoms with E-state index in [9.17, 15) is 9.59 Å². The number of methoxy groups -OCH3 is 1. The number of carbonyl (C=O) groups is 1. The van der Waals surface area contributed by atoms with Crippen molar-refractivity contribution in [3.05, 3.63) is 51.4 Å². The number of amides is 2. The van der Waals surface area contributed by atoms with Crippen LogP contribution in [-0.4, -0.2) is 40.2 Å². The Balaban J connectivity index is 1.47. The van der Waals surface area contributed by atoms with E-state index >= 15 is 0 Å². The third-order valence-corrected chi connectivity index (χ3v) is 6.02. The minimum Gasteiger partial charge on any atom is -0.497 e. The molecule has 0 spiro atoms. The monoisotopic (exact) mass is 411 g/mol. The summed E-state index contributed by atoms with van der Waals surface area (Å²) in [5.41, 5.74) is 2.40. The Bertz CT molecular complexity index is 964. The molecule has 2 aliphatic rings. The highest BCUT2D eigenvalue weighted by molar-refractivity contribution is 5.74. The molecule has 2 heterocycles. The summed E-state index contributed by atoms with van der Waals surface area (Å²) >= 11 is 0.